The molecule has 6 nitrogen and oxygen atoms in total. The normalized spacial score (nSPS) is 27.6. The van der Waals surface area contributed by atoms with Crippen molar-refractivity contribution in [2.24, 2.45) is 0 Å². The Morgan fingerprint density at radius 2 is 2.33 bits per heavy atom. The van der Waals surface area contributed by atoms with E-state index in [-0.39, 0.29) is 6.42 Å². The SMILES string of the molecule is CCc1cn([C@@H]2C[C@H](F)[C@@H](CO)O2)c(=O)[nH]c1=O. The van der Waals surface area contributed by atoms with Crippen LogP contribution in [0.3, 0.4) is 0 Å². The lowest BCUT2D eigenvalue weighted by Crippen LogP contribution is -2.34. The van der Waals surface area contributed by atoms with Gasteiger partial charge in [0.2, 0.25) is 0 Å². The highest BCUT2D eigenvalue weighted by atomic mass is 19.1. The third-order valence-electron chi connectivity index (χ3n) is 3.07. The third kappa shape index (κ3) is 2.23. The van der Waals surface area contributed by atoms with E-state index in [2.05, 4.69) is 4.98 Å². The number of aryl methyl sites for hydroxylation is 1. The minimum absolute atomic E-state index is 0.0136. The van der Waals surface area contributed by atoms with Crippen molar-refractivity contribution in [3.63, 3.8) is 0 Å². The second kappa shape index (κ2) is 5.03. The first kappa shape index (κ1) is 13.0. The number of aromatic nitrogens is 2. The maximum atomic E-state index is 13.4. The van der Waals surface area contributed by atoms with E-state index in [9.17, 15) is 14.0 Å². The van der Waals surface area contributed by atoms with Crippen molar-refractivity contribution in [2.45, 2.75) is 38.3 Å². The summed E-state index contributed by atoms with van der Waals surface area (Å²) in [5.74, 6) is 0. The summed E-state index contributed by atoms with van der Waals surface area (Å²) in [6.07, 6.45) is -1.18. The zero-order chi connectivity index (χ0) is 13.3. The molecule has 0 unspecified atom stereocenters. The van der Waals surface area contributed by atoms with Crippen molar-refractivity contribution in [1.82, 2.24) is 9.55 Å². The van der Waals surface area contributed by atoms with Gasteiger partial charge in [-0.3, -0.25) is 14.3 Å². The van der Waals surface area contributed by atoms with E-state index < -0.39 is 36.4 Å². The number of nitrogens with zero attached hydrogens (tertiary/aromatic N) is 1. The summed E-state index contributed by atoms with van der Waals surface area (Å²) in [6, 6.07) is 0. The Bertz CT molecular complexity index is 539. The molecule has 2 rings (SSSR count). The number of aromatic amines is 1. The molecule has 0 aromatic carbocycles. The fourth-order valence-electron chi connectivity index (χ4n) is 2.02. The molecule has 1 aromatic heterocycles. The van der Waals surface area contributed by atoms with Crippen LogP contribution in [-0.2, 0) is 11.2 Å². The molecule has 100 valence electrons. The maximum Gasteiger partial charge on any atom is 0.330 e. The Hall–Kier alpha value is -1.47. The Morgan fingerprint density at radius 1 is 1.61 bits per heavy atom. The molecule has 1 saturated heterocycles. The van der Waals surface area contributed by atoms with Gasteiger partial charge in [0.25, 0.3) is 5.56 Å². The Kier molecular flexibility index (Phi) is 3.63. The predicted molar refractivity (Wildman–Crippen MR) is 61.2 cm³/mol. The molecule has 1 aromatic rings. The molecule has 1 aliphatic heterocycles. The second-order valence-corrected chi connectivity index (χ2v) is 4.24. The zero-order valence-corrected chi connectivity index (χ0v) is 9.93. The Balaban J connectivity index is 2.35. The lowest BCUT2D eigenvalue weighted by Gasteiger charge is -2.14. The largest absolute Gasteiger partial charge is 0.394 e. The smallest absolute Gasteiger partial charge is 0.330 e. The molecule has 7 heteroatoms. The first-order valence-corrected chi connectivity index (χ1v) is 5.81. The predicted octanol–water partition coefficient (Wildman–Crippen LogP) is -0.283. The molecule has 3 atom stereocenters. The summed E-state index contributed by atoms with van der Waals surface area (Å²) in [5.41, 5.74) is -0.638. The van der Waals surface area contributed by atoms with Crippen LogP contribution in [0, 0.1) is 0 Å². The molecule has 0 bridgehead atoms. The van der Waals surface area contributed by atoms with Crippen LogP contribution < -0.4 is 11.2 Å². The molecular formula is C11H15FN2O4. The van der Waals surface area contributed by atoms with Gasteiger partial charge in [-0.15, -0.1) is 0 Å². The van der Waals surface area contributed by atoms with Gasteiger partial charge >= 0.3 is 5.69 Å². The van der Waals surface area contributed by atoms with Crippen molar-refractivity contribution in [1.29, 1.82) is 0 Å². The fourth-order valence-corrected chi connectivity index (χ4v) is 2.02. The maximum absolute atomic E-state index is 13.4. The number of rotatable bonds is 3. The average Bonchev–Trinajstić information content (AvgIpc) is 2.70. The molecule has 2 heterocycles. The topological polar surface area (TPSA) is 84.3 Å². The highest BCUT2D eigenvalue weighted by Gasteiger charge is 2.36. The highest BCUT2D eigenvalue weighted by molar-refractivity contribution is 5.04. The second-order valence-electron chi connectivity index (χ2n) is 4.24. The highest BCUT2D eigenvalue weighted by Crippen LogP contribution is 2.29. The number of aliphatic hydroxyl groups is 1. The van der Waals surface area contributed by atoms with Crippen LogP contribution in [0.2, 0.25) is 0 Å². The molecule has 0 aliphatic carbocycles. The molecule has 1 fully saturated rings. The van der Waals surface area contributed by atoms with Crippen LogP contribution in [0.1, 0.15) is 25.1 Å². The van der Waals surface area contributed by atoms with E-state index in [1.54, 1.807) is 6.92 Å². The van der Waals surface area contributed by atoms with Crippen molar-refractivity contribution >= 4 is 0 Å². The minimum atomic E-state index is -1.32. The van der Waals surface area contributed by atoms with Crippen molar-refractivity contribution < 1.29 is 14.2 Å². The monoisotopic (exact) mass is 258 g/mol. The molecule has 0 radical (unpaired) electrons. The molecule has 0 saturated carbocycles. The Labute approximate surface area is 102 Å². The van der Waals surface area contributed by atoms with E-state index in [1.165, 1.54) is 10.8 Å². The minimum Gasteiger partial charge on any atom is -0.394 e. The van der Waals surface area contributed by atoms with E-state index in [4.69, 9.17) is 9.84 Å². The summed E-state index contributed by atoms with van der Waals surface area (Å²) in [6.45, 7) is 1.35. The summed E-state index contributed by atoms with van der Waals surface area (Å²) in [4.78, 5) is 25.2. The molecule has 1 aliphatic rings. The number of ether oxygens (including phenoxy) is 1. The fraction of sp³-hybridized carbons (Fsp3) is 0.636. The van der Waals surface area contributed by atoms with Crippen LogP contribution in [0.5, 0.6) is 0 Å². The lowest BCUT2D eigenvalue weighted by molar-refractivity contribution is -0.0357. The van der Waals surface area contributed by atoms with E-state index in [1.807, 2.05) is 0 Å². The number of hydrogen-bond donors (Lipinski definition) is 2. The van der Waals surface area contributed by atoms with Crippen LogP contribution in [-0.4, -0.2) is 33.5 Å². The van der Waals surface area contributed by atoms with Gasteiger partial charge in [0.1, 0.15) is 18.5 Å². The molecule has 18 heavy (non-hydrogen) atoms. The molecular weight excluding hydrogens is 243 g/mol. The van der Waals surface area contributed by atoms with E-state index >= 15 is 0 Å². The first-order chi connectivity index (χ1) is 8.56. The standard InChI is InChI=1S/C11H15FN2O4/c1-2-6-4-14(11(17)13-10(6)16)9-3-7(12)8(5-15)18-9/h4,7-9,15H,2-3,5H2,1H3,(H,13,16,17)/t7-,8+,9-/m0/s1. The van der Waals surface area contributed by atoms with Crippen molar-refractivity contribution in [2.75, 3.05) is 6.61 Å². The van der Waals surface area contributed by atoms with Gasteiger partial charge in [0.05, 0.1) is 6.61 Å². The number of H-pyrrole nitrogens is 1. The average molecular weight is 258 g/mol. The number of aliphatic hydroxyl groups excluding tert-OH is 1. The summed E-state index contributed by atoms with van der Waals surface area (Å²) < 4.78 is 19.9. The summed E-state index contributed by atoms with van der Waals surface area (Å²) in [7, 11) is 0. The van der Waals surface area contributed by atoms with E-state index in [0.29, 0.717) is 12.0 Å². The molecule has 0 amide bonds. The van der Waals surface area contributed by atoms with Gasteiger partial charge in [0, 0.05) is 18.2 Å². The van der Waals surface area contributed by atoms with Crippen LogP contribution in [0.15, 0.2) is 15.8 Å². The van der Waals surface area contributed by atoms with Crippen LogP contribution >= 0.6 is 0 Å². The van der Waals surface area contributed by atoms with Crippen LogP contribution in [0.4, 0.5) is 4.39 Å². The van der Waals surface area contributed by atoms with E-state index in [0.717, 1.165) is 0 Å². The lowest BCUT2D eigenvalue weighted by atomic mass is 10.2. The molecule has 0 spiro atoms. The first-order valence-electron chi connectivity index (χ1n) is 5.81. The Morgan fingerprint density at radius 3 is 2.89 bits per heavy atom. The summed E-state index contributed by atoms with van der Waals surface area (Å²) in [5, 5.41) is 8.91. The number of alkyl halides is 1. The number of nitrogens with one attached hydrogen (secondary N) is 1. The zero-order valence-electron chi connectivity index (χ0n) is 9.93. The molecule has 2 N–H and O–H groups in total. The number of halogens is 1. The van der Waals surface area contributed by atoms with Gasteiger partial charge in [0.15, 0.2) is 0 Å². The van der Waals surface area contributed by atoms with Gasteiger partial charge in [-0.25, -0.2) is 9.18 Å². The van der Waals surface area contributed by atoms with Gasteiger partial charge in [-0.05, 0) is 6.42 Å². The summed E-state index contributed by atoms with van der Waals surface area (Å²) >= 11 is 0. The van der Waals surface area contributed by atoms with Gasteiger partial charge in [-0.2, -0.15) is 0 Å². The number of hydrogen-bond acceptors (Lipinski definition) is 4. The van der Waals surface area contributed by atoms with Crippen LogP contribution in [0.25, 0.3) is 0 Å². The van der Waals surface area contributed by atoms with Crippen molar-refractivity contribution in [3.05, 3.63) is 32.6 Å². The van der Waals surface area contributed by atoms with Gasteiger partial charge in [-0.1, -0.05) is 6.92 Å². The quantitative estimate of drug-likeness (QED) is 0.780. The van der Waals surface area contributed by atoms with Gasteiger partial charge < -0.3 is 9.84 Å². The van der Waals surface area contributed by atoms with Crippen molar-refractivity contribution in [3.8, 4) is 0 Å². The third-order valence-corrected chi connectivity index (χ3v) is 3.07.